The van der Waals surface area contributed by atoms with Gasteiger partial charge in [-0.15, -0.1) is 0 Å². The zero-order chi connectivity index (χ0) is 13.6. The number of alkyl halides is 3. The van der Waals surface area contributed by atoms with Gasteiger partial charge in [0.2, 0.25) is 0 Å². The Bertz CT molecular complexity index is 226. The van der Waals surface area contributed by atoms with Crippen molar-refractivity contribution >= 4 is 0 Å². The molecule has 0 aromatic rings. The van der Waals surface area contributed by atoms with Crippen LogP contribution in [0.2, 0.25) is 0 Å². The third-order valence-corrected chi connectivity index (χ3v) is 4.22. The quantitative estimate of drug-likeness (QED) is 0.720. The highest BCUT2D eigenvalue weighted by atomic mass is 19.4. The lowest BCUT2D eigenvalue weighted by Gasteiger charge is -2.36. The van der Waals surface area contributed by atoms with E-state index >= 15 is 0 Å². The first kappa shape index (κ1) is 15.8. The highest BCUT2D eigenvalue weighted by molar-refractivity contribution is 4.87. The number of aliphatic hydroxyl groups excluding tert-OH is 1. The Morgan fingerprint density at radius 1 is 0.833 bits per heavy atom. The van der Waals surface area contributed by atoms with Gasteiger partial charge in [-0.2, -0.15) is 13.2 Å². The lowest BCUT2D eigenvalue weighted by Crippen LogP contribution is -2.43. The van der Waals surface area contributed by atoms with Crippen molar-refractivity contribution in [2.75, 3.05) is 0 Å². The van der Waals surface area contributed by atoms with E-state index in [0.29, 0.717) is 12.8 Å². The van der Waals surface area contributed by atoms with Gasteiger partial charge in [0.15, 0.2) is 6.10 Å². The molecule has 0 aromatic carbocycles. The predicted octanol–water partition coefficient (Wildman–Crippen LogP) is 4.83. The van der Waals surface area contributed by atoms with Gasteiger partial charge in [-0.25, -0.2) is 0 Å². The standard InChI is InChI=1S/C14H25F3O/c1-13(12(18)14(15,16)17)10-8-6-4-2-3-5-7-9-11-13/h12,18H,2-11H2,1H3. The number of aliphatic hydroxyl groups is 1. The highest BCUT2D eigenvalue weighted by Crippen LogP contribution is 2.42. The van der Waals surface area contributed by atoms with Gasteiger partial charge in [-0.3, -0.25) is 0 Å². The van der Waals surface area contributed by atoms with Crippen LogP contribution in [0.25, 0.3) is 0 Å². The average Bonchev–Trinajstić information content (AvgIpc) is 2.33. The second kappa shape index (κ2) is 6.78. The molecule has 1 N–H and O–H groups in total. The van der Waals surface area contributed by atoms with Crippen LogP contribution >= 0.6 is 0 Å². The van der Waals surface area contributed by atoms with Crippen molar-refractivity contribution < 1.29 is 18.3 Å². The maximum Gasteiger partial charge on any atom is 0.414 e. The molecule has 1 fully saturated rings. The molecule has 1 atom stereocenters. The normalized spacial score (nSPS) is 25.2. The summed E-state index contributed by atoms with van der Waals surface area (Å²) < 4.78 is 38.2. The van der Waals surface area contributed by atoms with Crippen LogP contribution in [0.4, 0.5) is 13.2 Å². The van der Waals surface area contributed by atoms with Crippen molar-refractivity contribution in [2.24, 2.45) is 5.41 Å². The molecule has 108 valence electrons. The van der Waals surface area contributed by atoms with Crippen molar-refractivity contribution in [3.8, 4) is 0 Å². The summed E-state index contributed by atoms with van der Waals surface area (Å²) in [6.45, 7) is 1.60. The van der Waals surface area contributed by atoms with Crippen molar-refractivity contribution in [2.45, 2.75) is 83.4 Å². The van der Waals surface area contributed by atoms with Crippen LogP contribution in [-0.2, 0) is 0 Å². The second-order valence-electron chi connectivity index (χ2n) is 5.93. The fourth-order valence-corrected chi connectivity index (χ4v) is 2.91. The van der Waals surface area contributed by atoms with Crippen LogP contribution < -0.4 is 0 Å². The molecule has 0 bridgehead atoms. The predicted molar refractivity (Wildman–Crippen MR) is 66.3 cm³/mol. The fraction of sp³-hybridized carbons (Fsp3) is 1.00. The molecule has 18 heavy (non-hydrogen) atoms. The van der Waals surface area contributed by atoms with E-state index in [-0.39, 0.29) is 0 Å². The molecular formula is C14H25F3O. The monoisotopic (exact) mass is 266 g/mol. The van der Waals surface area contributed by atoms with Gasteiger partial charge in [0, 0.05) is 5.41 Å². The lowest BCUT2D eigenvalue weighted by molar-refractivity contribution is -0.239. The molecular weight excluding hydrogens is 241 g/mol. The largest absolute Gasteiger partial charge is 0.414 e. The number of hydrogen-bond donors (Lipinski definition) is 1. The molecule has 1 aliphatic carbocycles. The van der Waals surface area contributed by atoms with Gasteiger partial charge in [0.1, 0.15) is 0 Å². The Labute approximate surface area is 108 Å². The van der Waals surface area contributed by atoms with Gasteiger partial charge >= 0.3 is 6.18 Å². The molecule has 4 heteroatoms. The van der Waals surface area contributed by atoms with Gasteiger partial charge < -0.3 is 5.11 Å². The van der Waals surface area contributed by atoms with Crippen molar-refractivity contribution in [1.82, 2.24) is 0 Å². The van der Waals surface area contributed by atoms with Gasteiger partial charge in [0.25, 0.3) is 0 Å². The molecule has 1 rings (SSSR count). The topological polar surface area (TPSA) is 20.2 Å². The summed E-state index contributed by atoms with van der Waals surface area (Å²) >= 11 is 0. The first-order valence-electron chi connectivity index (χ1n) is 7.11. The van der Waals surface area contributed by atoms with E-state index in [1.165, 1.54) is 12.8 Å². The molecule has 0 amide bonds. The summed E-state index contributed by atoms with van der Waals surface area (Å²) in [5.41, 5.74) is -0.997. The third kappa shape index (κ3) is 4.79. The molecule has 0 saturated heterocycles. The Kier molecular flexibility index (Phi) is 5.96. The Hall–Kier alpha value is -0.250. The molecule has 0 heterocycles. The number of halogens is 3. The van der Waals surface area contributed by atoms with Gasteiger partial charge in [0.05, 0.1) is 0 Å². The lowest BCUT2D eigenvalue weighted by atomic mass is 9.75. The van der Waals surface area contributed by atoms with Gasteiger partial charge in [-0.05, 0) is 12.8 Å². The average molecular weight is 266 g/mol. The first-order chi connectivity index (χ1) is 8.36. The fourth-order valence-electron chi connectivity index (χ4n) is 2.91. The Morgan fingerprint density at radius 3 is 1.50 bits per heavy atom. The van der Waals surface area contributed by atoms with Crippen LogP contribution in [0.15, 0.2) is 0 Å². The Morgan fingerprint density at radius 2 is 1.17 bits per heavy atom. The number of hydrogen-bond acceptors (Lipinski definition) is 1. The van der Waals surface area contributed by atoms with Crippen LogP contribution in [0.3, 0.4) is 0 Å². The summed E-state index contributed by atoms with van der Waals surface area (Å²) in [6.07, 6.45) is 2.46. The van der Waals surface area contributed by atoms with Crippen molar-refractivity contribution in [1.29, 1.82) is 0 Å². The first-order valence-corrected chi connectivity index (χ1v) is 7.11. The minimum atomic E-state index is -4.49. The number of rotatable bonds is 1. The Balaban J connectivity index is 2.66. The summed E-state index contributed by atoms with van der Waals surface area (Å²) in [7, 11) is 0. The third-order valence-electron chi connectivity index (χ3n) is 4.22. The maximum atomic E-state index is 12.7. The zero-order valence-electron chi connectivity index (χ0n) is 11.2. The maximum absolute atomic E-state index is 12.7. The van der Waals surface area contributed by atoms with Crippen molar-refractivity contribution in [3.05, 3.63) is 0 Å². The van der Waals surface area contributed by atoms with Crippen LogP contribution in [-0.4, -0.2) is 17.4 Å². The molecule has 1 aliphatic rings. The van der Waals surface area contributed by atoms with E-state index in [2.05, 4.69) is 0 Å². The second-order valence-corrected chi connectivity index (χ2v) is 5.93. The SMILES string of the molecule is CC1(C(O)C(F)(F)F)CCCCCCCCCC1. The van der Waals surface area contributed by atoms with E-state index in [9.17, 15) is 18.3 Å². The highest BCUT2D eigenvalue weighted by Gasteiger charge is 2.49. The molecule has 1 nitrogen and oxygen atoms in total. The van der Waals surface area contributed by atoms with Gasteiger partial charge in [-0.1, -0.05) is 58.3 Å². The van der Waals surface area contributed by atoms with E-state index in [4.69, 9.17) is 0 Å². The summed E-state index contributed by atoms with van der Waals surface area (Å²) in [5.74, 6) is 0. The van der Waals surface area contributed by atoms with Crippen LogP contribution in [0.1, 0.15) is 71.1 Å². The smallest absolute Gasteiger partial charge is 0.383 e. The zero-order valence-corrected chi connectivity index (χ0v) is 11.2. The van der Waals surface area contributed by atoms with Crippen molar-refractivity contribution in [3.63, 3.8) is 0 Å². The molecule has 0 aliphatic heterocycles. The molecule has 0 radical (unpaired) electrons. The minimum Gasteiger partial charge on any atom is -0.383 e. The summed E-state index contributed by atoms with van der Waals surface area (Å²) in [6, 6.07) is 0. The van der Waals surface area contributed by atoms with Crippen LogP contribution in [0, 0.1) is 5.41 Å². The van der Waals surface area contributed by atoms with E-state index in [1.54, 1.807) is 6.92 Å². The minimum absolute atomic E-state index is 0.480. The summed E-state index contributed by atoms with van der Waals surface area (Å²) in [5, 5.41) is 9.59. The molecule has 1 saturated carbocycles. The summed E-state index contributed by atoms with van der Waals surface area (Å²) in [4.78, 5) is 0. The van der Waals surface area contributed by atoms with Crippen LogP contribution in [0.5, 0.6) is 0 Å². The van der Waals surface area contributed by atoms with E-state index in [1.807, 2.05) is 0 Å². The molecule has 0 aromatic heterocycles. The van der Waals surface area contributed by atoms with E-state index < -0.39 is 17.7 Å². The van der Waals surface area contributed by atoms with E-state index in [0.717, 1.165) is 38.5 Å². The molecule has 1 unspecified atom stereocenters. The molecule has 0 spiro atoms.